The fourth-order valence-electron chi connectivity index (χ4n) is 1.00. The molecule has 3 nitrogen and oxygen atoms in total. The standard InChI is InChI=1S/C6F15NO2S/c7-1(8,3(11,12)5(15,16)17)2(9,10)4(13,14)6(18,19)25(23,24)22(20)21. The van der Waals surface area contributed by atoms with Gasteiger partial charge in [-0.15, -0.1) is 0 Å². The predicted molar refractivity (Wildman–Crippen MR) is 43.8 cm³/mol. The van der Waals surface area contributed by atoms with Crippen LogP contribution in [0.2, 0.25) is 0 Å². The van der Waals surface area contributed by atoms with Crippen LogP contribution in [0.4, 0.5) is 66.0 Å². The summed E-state index contributed by atoms with van der Waals surface area (Å²) in [5.74, 6) is -33.3. The second kappa shape index (κ2) is 5.68. The Kier molecular flexibility index (Phi) is 5.42. The van der Waals surface area contributed by atoms with Gasteiger partial charge in [-0.25, -0.2) is 8.42 Å². The van der Waals surface area contributed by atoms with Crippen LogP contribution in [0.5, 0.6) is 0 Å². The van der Waals surface area contributed by atoms with Crippen molar-refractivity contribution < 1.29 is 74.5 Å². The Bertz CT molecular complexity index is 604. The van der Waals surface area contributed by atoms with Gasteiger partial charge in [-0.05, 0) is 0 Å². The van der Waals surface area contributed by atoms with Crippen molar-refractivity contribution in [3.05, 3.63) is 0 Å². The van der Waals surface area contributed by atoms with Crippen molar-refractivity contribution in [2.45, 2.75) is 35.1 Å². The molecule has 19 heteroatoms. The fourth-order valence-corrected chi connectivity index (χ4v) is 1.63. The number of hydrogen-bond acceptors (Lipinski definition) is 2. The summed E-state index contributed by atoms with van der Waals surface area (Å²) >= 11 is 0. The molecule has 0 aliphatic heterocycles. The zero-order chi connectivity index (χ0) is 21.1. The molecule has 0 atom stereocenters. The number of hydrogen-bond donors (Lipinski definition) is 0. The van der Waals surface area contributed by atoms with Gasteiger partial charge >= 0.3 is 45.1 Å². The molecule has 0 aliphatic carbocycles. The Morgan fingerprint density at radius 2 is 0.800 bits per heavy atom. The lowest BCUT2D eigenvalue weighted by Crippen LogP contribution is -2.71. The maximum absolute atomic E-state index is 12.8. The van der Waals surface area contributed by atoms with Crippen molar-refractivity contribution in [1.82, 2.24) is 4.75 Å². The van der Waals surface area contributed by atoms with Crippen LogP contribution in [0.3, 0.4) is 0 Å². The van der Waals surface area contributed by atoms with Crippen LogP contribution in [0, 0.1) is 0 Å². The van der Waals surface area contributed by atoms with E-state index in [-0.39, 0.29) is 0 Å². The van der Waals surface area contributed by atoms with Gasteiger partial charge in [-0.2, -0.15) is 57.1 Å². The van der Waals surface area contributed by atoms with Gasteiger partial charge in [0.2, 0.25) is 0 Å². The minimum atomic E-state index is -8.47. The first kappa shape index (κ1) is 23.9. The highest BCUT2D eigenvalue weighted by Crippen LogP contribution is 2.61. The predicted octanol–water partition coefficient (Wildman–Crippen LogP) is 4.08. The van der Waals surface area contributed by atoms with Crippen LogP contribution in [0.25, 0.3) is 0 Å². The molecule has 0 N–H and O–H groups in total. The van der Waals surface area contributed by atoms with Gasteiger partial charge in [0.15, 0.2) is 0 Å². The SMILES string of the molecule is O=S(=O)(N(F)F)C(F)(F)C(F)(F)C(F)(F)C(F)(F)C(F)(F)C(F)(F)F. The zero-order valence-corrected chi connectivity index (χ0v) is 11.2. The van der Waals surface area contributed by atoms with E-state index in [1.165, 1.54) is 0 Å². The molecule has 0 aromatic rings. The van der Waals surface area contributed by atoms with Crippen molar-refractivity contribution >= 4 is 10.0 Å². The third-order valence-electron chi connectivity index (χ3n) is 2.41. The highest BCUT2D eigenvalue weighted by atomic mass is 32.2. The number of sulfonamides is 1. The van der Waals surface area contributed by atoms with Crippen LogP contribution in [-0.2, 0) is 10.0 Å². The zero-order valence-electron chi connectivity index (χ0n) is 10.3. The average molecular weight is 435 g/mol. The summed E-state index contributed by atoms with van der Waals surface area (Å²) in [5.41, 5.74) is 0. The molecule has 25 heavy (non-hydrogen) atoms. The fraction of sp³-hybridized carbons (Fsp3) is 1.00. The molecule has 0 unspecified atom stereocenters. The average Bonchev–Trinajstić information content (AvgIpc) is 2.35. The van der Waals surface area contributed by atoms with Crippen LogP contribution in [0.15, 0.2) is 0 Å². The molecular formula is C6F15NO2S. The van der Waals surface area contributed by atoms with Gasteiger partial charge in [0.05, 0.1) is 0 Å². The van der Waals surface area contributed by atoms with Gasteiger partial charge in [0, 0.05) is 0 Å². The molecule has 0 aromatic carbocycles. The maximum atomic E-state index is 12.8. The summed E-state index contributed by atoms with van der Waals surface area (Å²) in [4.78, 5) is 0. The van der Waals surface area contributed by atoms with Crippen molar-refractivity contribution in [2.24, 2.45) is 0 Å². The summed E-state index contributed by atoms with van der Waals surface area (Å²) in [5, 5.41) is -7.92. The van der Waals surface area contributed by atoms with Gasteiger partial charge in [-0.1, -0.05) is 8.96 Å². The lowest BCUT2D eigenvalue weighted by Gasteiger charge is -2.39. The highest BCUT2D eigenvalue weighted by molar-refractivity contribution is 7.89. The van der Waals surface area contributed by atoms with Crippen molar-refractivity contribution in [3.63, 3.8) is 0 Å². The Morgan fingerprint density at radius 3 is 1.04 bits per heavy atom. The van der Waals surface area contributed by atoms with Gasteiger partial charge in [-0.3, -0.25) is 0 Å². The number of alkyl halides is 13. The summed E-state index contributed by atoms with van der Waals surface area (Å²) in [6.45, 7) is 0. The molecule has 152 valence electrons. The van der Waals surface area contributed by atoms with E-state index in [0.717, 1.165) is 0 Å². The minimum absolute atomic E-state index is 3.85. The maximum Gasteiger partial charge on any atom is 0.460 e. The third-order valence-corrected chi connectivity index (χ3v) is 3.68. The summed E-state index contributed by atoms with van der Waals surface area (Å²) in [6, 6.07) is 0. The second-order valence-corrected chi connectivity index (χ2v) is 5.73. The lowest BCUT2D eigenvalue weighted by atomic mass is 9.98. The van der Waals surface area contributed by atoms with Gasteiger partial charge in [0.25, 0.3) is 0 Å². The molecule has 0 spiro atoms. The highest BCUT2D eigenvalue weighted by Gasteiger charge is 2.93. The molecule has 0 fully saturated rings. The molecule has 0 aromatic heterocycles. The van der Waals surface area contributed by atoms with Crippen LogP contribution in [0.1, 0.15) is 0 Å². The van der Waals surface area contributed by atoms with E-state index in [0.29, 0.717) is 0 Å². The number of halogens is 15. The first-order chi connectivity index (χ1) is 10.4. The Hall–Kier alpha value is -1.14. The molecule has 0 heterocycles. The molecule has 0 radical (unpaired) electrons. The lowest BCUT2D eigenvalue weighted by molar-refractivity contribution is -0.433. The quantitative estimate of drug-likeness (QED) is 0.466. The number of rotatable bonds is 6. The Labute approximate surface area is 125 Å². The van der Waals surface area contributed by atoms with E-state index < -0.39 is 49.9 Å². The largest absolute Gasteiger partial charge is 0.460 e. The third kappa shape index (κ3) is 2.87. The number of nitrogens with zero attached hydrogens (tertiary/aromatic N) is 1. The topological polar surface area (TPSA) is 37.4 Å². The Morgan fingerprint density at radius 1 is 0.520 bits per heavy atom. The van der Waals surface area contributed by atoms with E-state index in [1.54, 1.807) is 0 Å². The monoisotopic (exact) mass is 435 g/mol. The summed E-state index contributed by atoms with van der Waals surface area (Å²) in [6.07, 6.45) is -7.70. The smallest absolute Gasteiger partial charge is 0.201 e. The first-order valence-electron chi connectivity index (χ1n) is 4.76. The second-order valence-electron chi connectivity index (χ2n) is 3.99. The molecule has 0 rings (SSSR count). The normalized spacial score (nSPS) is 16.5. The van der Waals surface area contributed by atoms with Crippen LogP contribution >= 0.6 is 0 Å². The molecular weight excluding hydrogens is 435 g/mol. The van der Waals surface area contributed by atoms with Crippen molar-refractivity contribution in [1.29, 1.82) is 0 Å². The van der Waals surface area contributed by atoms with Crippen molar-refractivity contribution in [2.75, 3.05) is 0 Å². The molecule has 0 saturated heterocycles. The minimum Gasteiger partial charge on any atom is -0.201 e. The molecule has 0 amide bonds. The van der Waals surface area contributed by atoms with Crippen LogP contribution < -0.4 is 0 Å². The van der Waals surface area contributed by atoms with Crippen molar-refractivity contribution in [3.8, 4) is 0 Å². The van der Waals surface area contributed by atoms with E-state index in [9.17, 15) is 74.5 Å². The first-order valence-corrected chi connectivity index (χ1v) is 6.20. The van der Waals surface area contributed by atoms with E-state index in [1.807, 2.05) is 0 Å². The molecule has 0 bridgehead atoms. The van der Waals surface area contributed by atoms with E-state index in [2.05, 4.69) is 0 Å². The Balaban J connectivity index is 6.60. The van der Waals surface area contributed by atoms with Gasteiger partial charge in [0.1, 0.15) is 4.75 Å². The van der Waals surface area contributed by atoms with E-state index >= 15 is 0 Å². The van der Waals surface area contributed by atoms with Gasteiger partial charge < -0.3 is 0 Å². The van der Waals surface area contributed by atoms with Crippen LogP contribution in [-0.4, -0.2) is 48.3 Å². The summed E-state index contributed by atoms with van der Waals surface area (Å²) < 4.78 is 201. The molecule has 0 aliphatic rings. The molecule has 0 saturated carbocycles. The summed E-state index contributed by atoms with van der Waals surface area (Å²) in [7, 11) is -8.18. The van der Waals surface area contributed by atoms with E-state index in [4.69, 9.17) is 0 Å².